The van der Waals surface area contributed by atoms with Gasteiger partial charge in [-0.05, 0) is 0 Å². The molecule has 0 aliphatic carbocycles. The van der Waals surface area contributed by atoms with Crippen LogP contribution in [0.2, 0.25) is 0 Å². The van der Waals surface area contributed by atoms with Gasteiger partial charge in [0.25, 0.3) is 0 Å². The lowest BCUT2D eigenvalue weighted by Crippen LogP contribution is -2.32. The molecule has 0 fully saturated rings. The van der Waals surface area contributed by atoms with Crippen molar-refractivity contribution < 1.29 is 9.53 Å². The fourth-order valence-corrected chi connectivity index (χ4v) is 1.74. The molecule has 0 aromatic carbocycles. The second-order valence-corrected chi connectivity index (χ2v) is 4.42. The van der Waals surface area contributed by atoms with E-state index >= 15 is 0 Å². The van der Waals surface area contributed by atoms with E-state index in [2.05, 4.69) is 32.9 Å². The Kier molecular flexibility index (Phi) is 10.9. The largest absolute Gasteiger partial charge is 0.457 e. The molecule has 0 saturated heterocycles. The third kappa shape index (κ3) is 7.33. The van der Waals surface area contributed by atoms with Crippen molar-refractivity contribution in [3.8, 4) is 0 Å². The standard InChI is InChI=1S/C18H26N2O2/c1-6-11-19(12-7-2)16-17(18(21)22-15-10-5)20(13-8-3)14-9-4/h6-10,16H,1-5,11-15H2. The predicted octanol–water partition coefficient (Wildman–Crippen LogP) is 2.91. The highest BCUT2D eigenvalue weighted by Crippen LogP contribution is 2.10. The van der Waals surface area contributed by atoms with Gasteiger partial charge in [0.05, 0.1) is 0 Å². The van der Waals surface area contributed by atoms with E-state index in [1.165, 1.54) is 6.08 Å². The fraction of sp³-hybridized carbons (Fsp3) is 0.278. The normalized spacial score (nSPS) is 10.3. The Morgan fingerprint density at radius 3 is 1.73 bits per heavy atom. The van der Waals surface area contributed by atoms with Gasteiger partial charge in [0.15, 0.2) is 0 Å². The van der Waals surface area contributed by atoms with Gasteiger partial charge < -0.3 is 14.5 Å². The zero-order valence-corrected chi connectivity index (χ0v) is 13.2. The Hall–Kier alpha value is -2.49. The summed E-state index contributed by atoms with van der Waals surface area (Å²) in [5.41, 5.74) is 0.436. The number of hydrogen-bond acceptors (Lipinski definition) is 4. The van der Waals surface area contributed by atoms with Crippen molar-refractivity contribution >= 4 is 5.97 Å². The van der Waals surface area contributed by atoms with Crippen molar-refractivity contribution in [2.45, 2.75) is 0 Å². The number of esters is 1. The first-order valence-electron chi connectivity index (χ1n) is 7.06. The van der Waals surface area contributed by atoms with Crippen molar-refractivity contribution in [3.05, 3.63) is 75.2 Å². The Morgan fingerprint density at radius 2 is 1.32 bits per heavy atom. The molecule has 4 heteroatoms. The lowest BCUT2D eigenvalue weighted by atomic mass is 10.3. The Morgan fingerprint density at radius 1 is 0.818 bits per heavy atom. The molecule has 0 heterocycles. The number of rotatable bonds is 13. The summed E-state index contributed by atoms with van der Waals surface area (Å²) in [6.07, 6.45) is 10.3. The van der Waals surface area contributed by atoms with Gasteiger partial charge in [0, 0.05) is 32.4 Å². The molecule has 0 aliphatic rings. The van der Waals surface area contributed by atoms with Gasteiger partial charge in [-0.1, -0.05) is 37.0 Å². The summed E-state index contributed by atoms with van der Waals surface area (Å²) in [7, 11) is 0. The van der Waals surface area contributed by atoms with Crippen LogP contribution < -0.4 is 0 Å². The van der Waals surface area contributed by atoms with Gasteiger partial charge in [-0.25, -0.2) is 4.79 Å². The molecule has 0 N–H and O–H groups in total. The van der Waals surface area contributed by atoms with E-state index in [0.29, 0.717) is 31.9 Å². The first kappa shape index (κ1) is 19.5. The van der Waals surface area contributed by atoms with Crippen LogP contribution in [0.15, 0.2) is 75.2 Å². The molecule has 4 nitrogen and oxygen atoms in total. The summed E-state index contributed by atoms with van der Waals surface area (Å²) >= 11 is 0. The van der Waals surface area contributed by atoms with E-state index in [1.54, 1.807) is 30.5 Å². The van der Waals surface area contributed by atoms with E-state index < -0.39 is 5.97 Å². The molecule has 0 unspecified atom stereocenters. The van der Waals surface area contributed by atoms with Crippen LogP contribution in [0.5, 0.6) is 0 Å². The second kappa shape index (κ2) is 12.3. The minimum atomic E-state index is -0.415. The molecule has 0 aliphatic heterocycles. The van der Waals surface area contributed by atoms with Crippen LogP contribution in [0.1, 0.15) is 0 Å². The molecular weight excluding hydrogens is 276 g/mol. The lowest BCUT2D eigenvalue weighted by Gasteiger charge is -2.26. The molecule has 0 aromatic heterocycles. The minimum Gasteiger partial charge on any atom is -0.457 e. The maximum absolute atomic E-state index is 12.3. The maximum atomic E-state index is 12.3. The third-order valence-corrected chi connectivity index (χ3v) is 2.61. The monoisotopic (exact) mass is 302 g/mol. The summed E-state index contributed by atoms with van der Waals surface area (Å²) in [5.74, 6) is -0.415. The fourth-order valence-electron chi connectivity index (χ4n) is 1.74. The van der Waals surface area contributed by atoms with Crippen LogP contribution in [0.25, 0.3) is 0 Å². The van der Waals surface area contributed by atoms with E-state index in [1.807, 2.05) is 9.80 Å². The average Bonchev–Trinajstić information content (AvgIpc) is 2.50. The Bertz CT molecular complexity index is 418. The molecular formula is C18H26N2O2. The van der Waals surface area contributed by atoms with E-state index in [0.717, 1.165) is 0 Å². The van der Waals surface area contributed by atoms with Crippen molar-refractivity contribution in [2.75, 3.05) is 32.8 Å². The smallest absolute Gasteiger partial charge is 0.356 e. The second-order valence-electron chi connectivity index (χ2n) is 4.42. The lowest BCUT2D eigenvalue weighted by molar-refractivity contribution is -0.139. The predicted molar refractivity (Wildman–Crippen MR) is 93.2 cm³/mol. The van der Waals surface area contributed by atoms with E-state index in [-0.39, 0.29) is 6.61 Å². The van der Waals surface area contributed by atoms with Gasteiger partial charge in [-0.15, -0.1) is 26.3 Å². The molecule has 0 amide bonds. The molecule has 0 radical (unpaired) electrons. The van der Waals surface area contributed by atoms with Gasteiger partial charge >= 0.3 is 5.97 Å². The van der Waals surface area contributed by atoms with Gasteiger partial charge in [-0.3, -0.25) is 0 Å². The SMILES string of the molecule is C=CCOC(=O)C(=CN(CC=C)CC=C)N(CC=C)CC=C. The van der Waals surface area contributed by atoms with Crippen LogP contribution in [0.3, 0.4) is 0 Å². The van der Waals surface area contributed by atoms with E-state index in [4.69, 9.17) is 4.74 Å². The zero-order chi connectivity index (χ0) is 16.8. The molecule has 0 atom stereocenters. The summed E-state index contributed by atoms with van der Waals surface area (Å²) in [6.45, 7) is 20.8. The number of nitrogens with zero attached hydrogens (tertiary/aromatic N) is 2. The maximum Gasteiger partial charge on any atom is 0.356 e. The third-order valence-electron chi connectivity index (χ3n) is 2.61. The highest BCUT2D eigenvalue weighted by molar-refractivity contribution is 5.87. The average molecular weight is 302 g/mol. The summed E-state index contributed by atoms with van der Waals surface area (Å²) in [4.78, 5) is 16.1. The zero-order valence-electron chi connectivity index (χ0n) is 13.2. The molecule has 120 valence electrons. The first-order valence-corrected chi connectivity index (χ1v) is 7.06. The summed E-state index contributed by atoms with van der Waals surface area (Å²) < 4.78 is 5.17. The molecule has 0 spiro atoms. The van der Waals surface area contributed by atoms with Crippen LogP contribution in [-0.2, 0) is 9.53 Å². The number of hydrogen-bond donors (Lipinski definition) is 0. The van der Waals surface area contributed by atoms with Crippen LogP contribution >= 0.6 is 0 Å². The molecule has 0 aromatic rings. The number of ether oxygens (including phenoxy) is 1. The van der Waals surface area contributed by atoms with Gasteiger partial charge in [0.1, 0.15) is 12.3 Å². The summed E-state index contributed by atoms with van der Waals surface area (Å²) in [5, 5.41) is 0. The van der Waals surface area contributed by atoms with Crippen LogP contribution in [0, 0.1) is 0 Å². The number of carbonyl (C=O) groups is 1. The quantitative estimate of drug-likeness (QED) is 0.297. The van der Waals surface area contributed by atoms with Crippen molar-refractivity contribution in [2.24, 2.45) is 0 Å². The molecule has 0 bridgehead atoms. The van der Waals surface area contributed by atoms with Gasteiger partial charge in [0.2, 0.25) is 0 Å². The highest BCUT2D eigenvalue weighted by atomic mass is 16.5. The Balaban J connectivity index is 5.49. The van der Waals surface area contributed by atoms with Gasteiger partial charge in [-0.2, -0.15) is 0 Å². The number of carbonyl (C=O) groups excluding carboxylic acids is 1. The van der Waals surface area contributed by atoms with Crippen molar-refractivity contribution in [3.63, 3.8) is 0 Å². The highest BCUT2D eigenvalue weighted by Gasteiger charge is 2.18. The van der Waals surface area contributed by atoms with Crippen LogP contribution in [0.4, 0.5) is 0 Å². The van der Waals surface area contributed by atoms with Crippen molar-refractivity contribution in [1.29, 1.82) is 0 Å². The summed E-state index contributed by atoms with van der Waals surface area (Å²) in [6, 6.07) is 0. The minimum absolute atomic E-state index is 0.162. The molecule has 0 saturated carbocycles. The first-order chi connectivity index (χ1) is 10.6. The van der Waals surface area contributed by atoms with Crippen LogP contribution in [-0.4, -0.2) is 48.6 Å². The van der Waals surface area contributed by atoms with Crippen molar-refractivity contribution in [1.82, 2.24) is 9.80 Å². The topological polar surface area (TPSA) is 32.8 Å². The Labute approximate surface area is 134 Å². The molecule has 22 heavy (non-hydrogen) atoms. The molecule has 0 rings (SSSR count). The van der Waals surface area contributed by atoms with E-state index in [9.17, 15) is 4.79 Å².